The van der Waals surface area contributed by atoms with E-state index in [1.54, 1.807) is 4.90 Å². The molecular weight excluding hydrogens is 206 g/mol. The van der Waals surface area contributed by atoms with E-state index in [-0.39, 0.29) is 18.0 Å². The van der Waals surface area contributed by atoms with E-state index in [0.717, 1.165) is 0 Å². The van der Waals surface area contributed by atoms with Crippen LogP contribution in [0.5, 0.6) is 0 Å². The Morgan fingerprint density at radius 1 is 1.69 bits per heavy atom. The molecule has 2 unspecified atom stereocenters. The lowest BCUT2D eigenvalue weighted by Gasteiger charge is -2.28. The van der Waals surface area contributed by atoms with Crippen molar-refractivity contribution < 1.29 is 9.90 Å². The van der Waals surface area contributed by atoms with Crippen LogP contribution in [0.3, 0.4) is 0 Å². The number of amides is 1. The SMILES string of the molecule is CC(C)N(CCC#N)C(=O)C1CC(O)CN1. The number of rotatable bonds is 4. The van der Waals surface area contributed by atoms with Gasteiger partial charge in [0.25, 0.3) is 0 Å². The monoisotopic (exact) mass is 225 g/mol. The molecule has 0 spiro atoms. The number of carbonyl (C=O) groups is 1. The van der Waals surface area contributed by atoms with Crippen LogP contribution in [0.25, 0.3) is 0 Å². The number of nitriles is 1. The molecule has 1 aliphatic rings. The first-order valence-corrected chi connectivity index (χ1v) is 5.65. The van der Waals surface area contributed by atoms with Crippen molar-refractivity contribution in [1.29, 1.82) is 5.26 Å². The molecule has 16 heavy (non-hydrogen) atoms. The molecule has 5 heteroatoms. The van der Waals surface area contributed by atoms with Crippen LogP contribution in [0.15, 0.2) is 0 Å². The first-order valence-electron chi connectivity index (χ1n) is 5.65. The van der Waals surface area contributed by atoms with Crippen molar-refractivity contribution in [3.8, 4) is 6.07 Å². The molecule has 0 aromatic carbocycles. The van der Waals surface area contributed by atoms with Crippen molar-refractivity contribution in [3.05, 3.63) is 0 Å². The first-order chi connectivity index (χ1) is 7.56. The number of β-amino-alcohol motifs (C(OH)–C–C–N with tert-alkyl or cyclic N) is 1. The van der Waals surface area contributed by atoms with Gasteiger partial charge in [-0.15, -0.1) is 0 Å². The third-order valence-electron chi connectivity index (χ3n) is 2.78. The minimum absolute atomic E-state index is 0.0122. The van der Waals surface area contributed by atoms with E-state index in [9.17, 15) is 9.90 Å². The fraction of sp³-hybridized carbons (Fsp3) is 0.818. The first kappa shape index (κ1) is 12.9. The zero-order valence-electron chi connectivity index (χ0n) is 9.81. The third-order valence-corrected chi connectivity index (χ3v) is 2.78. The maximum atomic E-state index is 12.1. The van der Waals surface area contributed by atoms with E-state index >= 15 is 0 Å². The normalized spacial score (nSPS) is 24.4. The van der Waals surface area contributed by atoms with Gasteiger partial charge in [0.2, 0.25) is 5.91 Å². The number of hydrogen-bond donors (Lipinski definition) is 2. The molecule has 0 aromatic heterocycles. The van der Waals surface area contributed by atoms with Crippen LogP contribution in [0.4, 0.5) is 0 Å². The average Bonchev–Trinajstić information content (AvgIpc) is 2.64. The van der Waals surface area contributed by atoms with Crippen LogP contribution in [-0.4, -0.2) is 47.2 Å². The lowest BCUT2D eigenvalue weighted by molar-refractivity contribution is -0.134. The minimum Gasteiger partial charge on any atom is -0.392 e. The summed E-state index contributed by atoms with van der Waals surface area (Å²) in [5.74, 6) is -0.0122. The molecule has 1 aliphatic heterocycles. The third kappa shape index (κ3) is 3.19. The fourth-order valence-corrected chi connectivity index (χ4v) is 1.90. The maximum Gasteiger partial charge on any atom is 0.240 e. The fourth-order valence-electron chi connectivity index (χ4n) is 1.90. The molecule has 0 bridgehead atoms. The molecule has 5 nitrogen and oxygen atoms in total. The van der Waals surface area contributed by atoms with E-state index in [1.807, 2.05) is 19.9 Å². The summed E-state index contributed by atoms with van der Waals surface area (Å²) in [7, 11) is 0. The van der Waals surface area contributed by atoms with E-state index in [1.165, 1.54) is 0 Å². The van der Waals surface area contributed by atoms with Crippen LogP contribution < -0.4 is 5.32 Å². The van der Waals surface area contributed by atoms with Crippen LogP contribution in [0.1, 0.15) is 26.7 Å². The van der Waals surface area contributed by atoms with Crippen molar-refractivity contribution in [3.63, 3.8) is 0 Å². The van der Waals surface area contributed by atoms with E-state index in [4.69, 9.17) is 5.26 Å². The summed E-state index contributed by atoms with van der Waals surface area (Å²) in [6.07, 6.45) is 0.382. The standard InChI is InChI=1S/C11H19N3O2/c1-8(2)14(5-3-4-12)11(16)10-6-9(15)7-13-10/h8-10,13,15H,3,5-7H2,1-2H3. The van der Waals surface area contributed by atoms with Crippen molar-refractivity contribution in [1.82, 2.24) is 10.2 Å². The highest BCUT2D eigenvalue weighted by atomic mass is 16.3. The Labute approximate surface area is 96.0 Å². The highest BCUT2D eigenvalue weighted by Crippen LogP contribution is 2.12. The number of aliphatic hydroxyl groups is 1. The molecule has 0 saturated carbocycles. The van der Waals surface area contributed by atoms with Gasteiger partial charge in [-0.2, -0.15) is 5.26 Å². The largest absolute Gasteiger partial charge is 0.392 e. The summed E-state index contributed by atoms with van der Waals surface area (Å²) >= 11 is 0. The highest BCUT2D eigenvalue weighted by molar-refractivity contribution is 5.82. The summed E-state index contributed by atoms with van der Waals surface area (Å²) in [6, 6.07) is 1.83. The second kappa shape index (κ2) is 5.83. The lowest BCUT2D eigenvalue weighted by Crippen LogP contribution is -2.47. The van der Waals surface area contributed by atoms with Gasteiger partial charge in [0, 0.05) is 19.1 Å². The van der Waals surface area contributed by atoms with Gasteiger partial charge < -0.3 is 15.3 Å². The molecule has 1 fully saturated rings. The summed E-state index contributed by atoms with van der Waals surface area (Å²) in [5.41, 5.74) is 0. The number of carbonyl (C=O) groups excluding carboxylic acids is 1. The van der Waals surface area contributed by atoms with Gasteiger partial charge in [0.05, 0.1) is 24.6 Å². The van der Waals surface area contributed by atoms with Crippen molar-refractivity contribution >= 4 is 5.91 Å². The Hall–Kier alpha value is -1.12. The number of nitrogens with one attached hydrogen (secondary N) is 1. The van der Waals surface area contributed by atoms with Crippen molar-refractivity contribution in [2.45, 2.75) is 44.9 Å². The van der Waals surface area contributed by atoms with Gasteiger partial charge in [0.1, 0.15) is 0 Å². The molecular formula is C11H19N3O2. The summed E-state index contributed by atoms with van der Waals surface area (Å²) < 4.78 is 0. The Balaban J connectivity index is 2.57. The molecule has 1 amide bonds. The summed E-state index contributed by atoms with van der Waals surface area (Å²) in [6.45, 7) is 4.79. The molecule has 2 N–H and O–H groups in total. The Bertz CT molecular complexity index is 285. The smallest absolute Gasteiger partial charge is 0.240 e. The number of nitrogens with zero attached hydrogens (tertiary/aromatic N) is 2. The minimum atomic E-state index is -0.432. The second-order valence-corrected chi connectivity index (χ2v) is 4.38. The van der Waals surface area contributed by atoms with Crippen molar-refractivity contribution in [2.75, 3.05) is 13.1 Å². The Morgan fingerprint density at radius 2 is 2.38 bits per heavy atom. The Morgan fingerprint density at radius 3 is 2.81 bits per heavy atom. The van der Waals surface area contributed by atoms with Crippen molar-refractivity contribution in [2.24, 2.45) is 0 Å². The van der Waals surface area contributed by atoms with E-state index in [0.29, 0.717) is 25.9 Å². The van der Waals surface area contributed by atoms with Gasteiger partial charge in [0.15, 0.2) is 0 Å². The molecule has 1 saturated heterocycles. The number of hydrogen-bond acceptors (Lipinski definition) is 4. The molecule has 2 atom stereocenters. The average molecular weight is 225 g/mol. The molecule has 0 aliphatic carbocycles. The van der Waals surface area contributed by atoms with Crippen LogP contribution in [0, 0.1) is 11.3 Å². The van der Waals surface area contributed by atoms with Crippen LogP contribution in [0.2, 0.25) is 0 Å². The predicted molar refractivity (Wildman–Crippen MR) is 59.5 cm³/mol. The van der Waals surface area contributed by atoms with E-state index in [2.05, 4.69) is 5.32 Å². The molecule has 1 heterocycles. The molecule has 0 aromatic rings. The number of aliphatic hydroxyl groups excluding tert-OH is 1. The Kier molecular flexibility index (Phi) is 4.71. The zero-order valence-corrected chi connectivity index (χ0v) is 9.81. The lowest BCUT2D eigenvalue weighted by atomic mass is 10.1. The van der Waals surface area contributed by atoms with Gasteiger partial charge in [-0.1, -0.05) is 0 Å². The van der Waals surface area contributed by atoms with Gasteiger partial charge >= 0.3 is 0 Å². The molecule has 0 radical (unpaired) electrons. The topological polar surface area (TPSA) is 76.4 Å². The summed E-state index contributed by atoms with van der Waals surface area (Å²) in [5, 5.41) is 20.9. The van der Waals surface area contributed by atoms with Gasteiger partial charge in [-0.05, 0) is 20.3 Å². The van der Waals surface area contributed by atoms with Crippen LogP contribution >= 0.6 is 0 Å². The van der Waals surface area contributed by atoms with E-state index < -0.39 is 6.10 Å². The quantitative estimate of drug-likeness (QED) is 0.698. The highest BCUT2D eigenvalue weighted by Gasteiger charge is 2.31. The van der Waals surface area contributed by atoms with Crippen LogP contribution in [-0.2, 0) is 4.79 Å². The molecule has 90 valence electrons. The summed E-state index contributed by atoms with van der Waals surface area (Å²) in [4.78, 5) is 13.8. The van der Waals surface area contributed by atoms with Gasteiger partial charge in [-0.3, -0.25) is 4.79 Å². The van der Waals surface area contributed by atoms with Gasteiger partial charge in [-0.25, -0.2) is 0 Å². The molecule has 1 rings (SSSR count). The predicted octanol–water partition coefficient (Wildman–Crippen LogP) is -0.140. The maximum absolute atomic E-state index is 12.1. The zero-order chi connectivity index (χ0) is 12.1. The second-order valence-electron chi connectivity index (χ2n) is 4.38.